The highest BCUT2D eigenvalue weighted by atomic mass is 17.2. The summed E-state index contributed by atoms with van der Waals surface area (Å²) in [5, 5.41) is 43.0. The summed E-state index contributed by atoms with van der Waals surface area (Å²) in [5.74, 6) is -6.20. The average Bonchev–Trinajstić information content (AvgIpc) is 2.14. The molecule has 0 aliphatic heterocycles. The van der Waals surface area contributed by atoms with Crippen molar-refractivity contribution in [2.24, 2.45) is 0 Å². The van der Waals surface area contributed by atoms with E-state index in [0.29, 0.717) is 0 Å². The van der Waals surface area contributed by atoms with Gasteiger partial charge in [0.1, 0.15) is 0 Å². The summed E-state index contributed by atoms with van der Waals surface area (Å²) in [6.45, 7) is 0. The van der Waals surface area contributed by atoms with Gasteiger partial charge in [0.15, 0.2) is 0 Å². The van der Waals surface area contributed by atoms with Gasteiger partial charge in [-0.1, -0.05) is 0 Å². The molecule has 0 aromatic rings. The van der Waals surface area contributed by atoms with Crippen LogP contribution in [-0.4, -0.2) is 61.3 Å². The molecule has 0 spiro atoms. The van der Waals surface area contributed by atoms with Crippen molar-refractivity contribution in [3.05, 3.63) is 0 Å². The fourth-order valence-corrected chi connectivity index (χ4v) is 0.925. The highest BCUT2D eigenvalue weighted by Gasteiger charge is 2.53. The zero-order chi connectivity index (χ0) is 14.5. The Bertz CT molecular complexity index is 374. The number of carboxylic acid groups (broad SMARTS) is 4. The molecule has 0 aromatic carbocycles. The third-order valence-electron chi connectivity index (χ3n) is 1.66. The maximum Gasteiger partial charge on any atom is 0.537 e. The Morgan fingerprint density at radius 1 is 1.06 bits per heavy atom. The van der Waals surface area contributed by atoms with Crippen LogP contribution in [0.3, 0.4) is 0 Å². The molecule has 18 heavy (non-hydrogen) atoms. The van der Waals surface area contributed by atoms with E-state index in [4.69, 9.17) is 20.4 Å². The number of hydrogen-bond acceptors (Lipinski definition) is 7. The van der Waals surface area contributed by atoms with Gasteiger partial charge in [0, 0.05) is 0 Å². The van der Waals surface area contributed by atoms with E-state index in [0.717, 1.165) is 0 Å². The van der Waals surface area contributed by atoms with E-state index in [9.17, 15) is 24.3 Å². The van der Waals surface area contributed by atoms with Crippen LogP contribution in [0.4, 0.5) is 4.79 Å². The lowest BCUT2D eigenvalue weighted by atomic mass is 9.93. The summed E-state index contributed by atoms with van der Waals surface area (Å²) in [6, 6.07) is 0. The second-order valence-electron chi connectivity index (χ2n) is 2.96. The Kier molecular flexibility index (Phi) is 5.02. The highest BCUT2D eigenvalue weighted by molar-refractivity contribution is 5.91. The van der Waals surface area contributed by atoms with Gasteiger partial charge in [-0.2, -0.15) is 4.89 Å². The molecule has 2 unspecified atom stereocenters. The predicted octanol–water partition coefficient (Wildman–Crippen LogP) is -1.64. The minimum atomic E-state index is -3.40. The molecule has 0 aromatic heterocycles. The van der Waals surface area contributed by atoms with Gasteiger partial charge in [-0.05, 0) is 0 Å². The van der Waals surface area contributed by atoms with Gasteiger partial charge in [-0.25, -0.2) is 14.4 Å². The second kappa shape index (κ2) is 5.79. The van der Waals surface area contributed by atoms with Crippen LogP contribution in [0.15, 0.2) is 0 Å². The Labute approximate surface area is 97.7 Å². The molecule has 0 heterocycles. The Morgan fingerprint density at radius 2 is 1.56 bits per heavy atom. The normalized spacial score (nSPS) is 15.2. The number of aliphatic carboxylic acids is 3. The summed E-state index contributed by atoms with van der Waals surface area (Å²) in [5.41, 5.74) is -3.40. The lowest BCUT2D eigenvalue weighted by molar-refractivity contribution is -0.309. The molecule has 0 bridgehead atoms. The molecule has 2 atom stereocenters. The van der Waals surface area contributed by atoms with Gasteiger partial charge in [0.25, 0.3) is 0 Å². The van der Waals surface area contributed by atoms with Crippen molar-refractivity contribution in [2.45, 2.75) is 18.1 Å². The SMILES string of the molecule is O=C(O)CC(O)(C(=O)O)C(OOC(=O)O)C(=O)O. The molecule has 0 fully saturated rings. The van der Waals surface area contributed by atoms with Crippen molar-refractivity contribution in [2.75, 3.05) is 0 Å². The van der Waals surface area contributed by atoms with E-state index in [1.807, 2.05) is 0 Å². The van der Waals surface area contributed by atoms with Crippen molar-refractivity contribution < 1.29 is 54.5 Å². The van der Waals surface area contributed by atoms with E-state index in [1.54, 1.807) is 0 Å². The fraction of sp³-hybridized carbons (Fsp3) is 0.429. The van der Waals surface area contributed by atoms with Crippen molar-refractivity contribution >= 4 is 24.1 Å². The van der Waals surface area contributed by atoms with Crippen LogP contribution in [-0.2, 0) is 24.2 Å². The fourth-order valence-electron chi connectivity index (χ4n) is 0.925. The minimum absolute atomic E-state index is 1.54. The number of hydrogen-bond donors (Lipinski definition) is 5. The van der Waals surface area contributed by atoms with Crippen LogP contribution in [0.1, 0.15) is 6.42 Å². The standard InChI is InChI=1S/C7H8O11/c8-2(9)1-7(16,5(12)13)3(4(10)11)17-18-6(14)15/h3,16H,1H2,(H,8,9)(H,10,11)(H,12,13)(H,14,15). The number of carbonyl (C=O) groups is 4. The van der Waals surface area contributed by atoms with E-state index in [1.165, 1.54) is 0 Å². The van der Waals surface area contributed by atoms with Crippen LogP contribution in [0.2, 0.25) is 0 Å². The largest absolute Gasteiger partial charge is 0.537 e. The first-order valence-electron chi connectivity index (χ1n) is 4.08. The van der Waals surface area contributed by atoms with Gasteiger partial charge < -0.3 is 25.5 Å². The summed E-state index contributed by atoms with van der Waals surface area (Å²) < 4.78 is 0. The van der Waals surface area contributed by atoms with Crippen LogP contribution in [0, 0.1) is 0 Å². The monoisotopic (exact) mass is 268 g/mol. The molecule has 0 radical (unpaired) electrons. The third kappa shape index (κ3) is 3.88. The van der Waals surface area contributed by atoms with Gasteiger partial charge in [0.05, 0.1) is 6.42 Å². The predicted molar refractivity (Wildman–Crippen MR) is 46.5 cm³/mol. The van der Waals surface area contributed by atoms with Gasteiger partial charge in [-0.3, -0.25) is 9.68 Å². The van der Waals surface area contributed by atoms with Crippen molar-refractivity contribution in [1.29, 1.82) is 0 Å². The number of aliphatic hydroxyl groups is 1. The molecular formula is C7H8O11. The lowest BCUT2D eigenvalue weighted by Gasteiger charge is -2.25. The maximum atomic E-state index is 10.7. The molecule has 0 amide bonds. The molecule has 0 aliphatic rings. The molecule has 0 saturated heterocycles. The van der Waals surface area contributed by atoms with E-state index < -0.39 is 42.2 Å². The summed E-state index contributed by atoms with van der Waals surface area (Å²) in [6.07, 6.45) is -6.39. The number of rotatable bonds is 7. The van der Waals surface area contributed by atoms with Crippen LogP contribution in [0.5, 0.6) is 0 Å². The third-order valence-corrected chi connectivity index (χ3v) is 1.66. The van der Waals surface area contributed by atoms with Gasteiger partial charge in [0.2, 0.25) is 11.7 Å². The van der Waals surface area contributed by atoms with Crippen LogP contribution < -0.4 is 0 Å². The molecular weight excluding hydrogens is 260 g/mol. The van der Waals surface area contributed by atoms with E-state index in [2.05, 4.69) is 9.78 Å². The van der Waals surface area contributed by atoms with Crippen molar-refractivity contribution in [1.82, 2.24) is 0 Å². The first-order chi connectivity index (χ1) is 8.11. The van der Waals surface area contributed by atoms with Crippen molar-refractivity contribution in [3.8, 4) is 0 Å². The van der Waals surface area contributed by atoms with Crippen LogP contribution >= 0.6 is 0 Å². The Morgan fingerprint density at radius 3 is 1.83 bits per heavy atom. The van der Waals surface area contributed by atoms with Gasteiger partial charge >= 0.3 is 24.1 Å². The molecule has 0 aliphatic carbocycles. The summed E-state index contributed by atoms with van der Waals surface area (Å²) >= 11 is 0. The quantitative estimate of drug-likeness (QED) is 0.263. The van der Waals surface area contributed by atoms with Gasteiger partial charge in [-0.15, -0.1) is 0 Å². The maximum absolute atomic E-state index is 10.7. The lowest BCUT2D eigenvalue weighted by Crippen LogP contribution is -2.55. The van der Waals surface area contributed by atoms with Crippen LogP contribution in [0.25, 0.3) is 0 Å². The molecule has 0 saturated carbocycles. The molecule has 5 N–H and O–H groups in total. The smallest absolute Gasteiger partial charge is 0.481 e. The molecule has 0 rings (SSSR count). The second-order valence-corrected chi connectivity index (χ2v) is 2.96. The van der Waals surface area contributed by atoms with Crippen molar-refractivity contribution in [3.63, 3.8) is 0 Å². The summed E-state index contributed by atoms with van der Waals surface area (Å²) in [4.78, 5) is 48.7. The first kappa shape index (κ1) is 15.6. The van der Waals surface area contributed by atoms with E-state index >= 15 is 0 Å². The summed E-state index contributed by atoms with van der Waals surface area (Å²) in [7, 11) is 0. The minimum Gasteiger partial charge on any atom is -0.481 e. The number of carboxylic acids is 3. The zero-order valence-electron chi connectivity index (χ0n) is 8.47. The molecule has 11 heteroatoms. The Balaban J connectivity index is 5.22. The topological polar surface area (TPSA) is 188 Å². The molecule has 102 valence electrons. The van der Waals surface area contributed by atoms with E-state index in [-0.39, 0.29) is 0 Å². The Hall–Kier alpha value is -2.40. The first-order valence-corrected chi connectivity index (χ1v) is 4.08. The highest BCUT2D eigenvalue weighted by Crippen LogP contribution is 2.20. The molecule has 11 nitrogen and oxygen atoms in total. The average molecular weight is 268 g/mol. The zero-order valence-corrected chi connectivity index (χ0v) is 8.47.